The number of aliphatic hydroxyl groups excluding tert-OH is 1. The molecule has 0 spiro atoms. The van der Waals surface area contributed by atoms with Crippen LogP contribution in [0.15, 0.2) is 6.07 Å². The third kappa shape index (κ3) is 2.06. The normalized spacial score (nSPS) is 19.3. The third-order valence-corrected chi connectivity index (χ3v) is 3.26. The van der Waals surface area contributed by atoms with Gasteiger partial charge in [0.1, 0.15) is 0 Å². The Balaban J connectivity index is 1.97. The van der Waals surface area contributed by atoms with Crippen LogP contribution in [0.5, 0.6) is 0 Å². The van der Waals surface area contributed by atoms with Crippen molar-refractivity contribution >= 4 is 11.7 Å². The van der Waals surface area contributed by atoms with Crippen molar-refractivity contribution in [2.24, 2.45) is 0 Å². The van der Waals surface area contributed by atoms with E-state index in [1.165, 1.54) is 0 Å². The van der Waals surface area contributed by atoms with Gasteiger partial charge in [0.2, 0.25) is 5.82 Å². The Morgan fingerprint density at radius 1 is 1.42 bits per heavy atom. The minimum absolute atomic E-state index is 0.135. The fourth-order valence-corrected chi connectivity index (χ4v) is 2.32. The maximum atomic E-state index is 12.2. The van der Waals surface area contributed by atoms with E-state index in [1.54, 1.807) is 9.42 Å². The first-order valence-corrected chi connectivity index (χ1v) is 6.23. The van der Waals surface area contributed by atoms with Gasteiger partial charge in [-0.2, -0.15) is 4.98 Å². The van der Waals surface area contributed by atoms with E-state index in [4.69, 9.17) is 0 Å². The molecule has 2 aromatic heterocycles. The predicted molar refractivity (Wildman–Crippen MR) is 66.8 cm³/mol. The Labute approximate surface area is 109 Å². The van der Waals surface area contributed by atoms with E-state index >= 15 is 0 Å². The zero-order valence-corrected chi connectivity index (χ0v) is 10.9. The lowest BCUT2D eigenvalue weighted by Gasteiger charge is -2.12. The third-order valence-electron chi connectivity index (χ3n) is 3.26. The van der Waals surface area contributed by atoms with Crippen molar-refractivity contribution in [3.8, 4) is 0 Å². The monoisotopic (exact) mass is 261 g/mol. The molecule has 100 valence electrons. The van der Waals surface area contributed by atoms with Crippen molar-refractivity contribution in [1.29, 1.82) is 0 Å². The fraction of sp³-hybridized carbons (Fsp3) is 0.500. The van der Waals surface area contributed by atoms with E-state index in [-0.39, 0.29) is 11.7 Å². The number of aromatic nitrogens is 4. The Morgan fingerprint density at radius 3 is 2.89 bits per heavy atom. The number of hydrogen-bond acceptors (Lipinski definition) is 5. The van der Waals surface area contributed by atoms with E-state index in [2.05, 4.69) is 15.1 Å². The molecule has 1 atom stereocenters. The van der Waals surface area contributed by atoms with Gasteiger partial charge in [0.15, 0.2) is 0 Å². The largest absolute Gasteiger partial charge is 0.391 e. The lowest BCUT2D eigenvalue weighted by molar-refractivity contribution is 0.0753. The molecule has 1 N–H and O–H groups in total. The zero-order chi connectivity index (χ0) is 13.6. The summed E-state index contributed by atoms with van der Waals surface area (Å²) in [4.78, 5) is 22.2. The van der Waals surface area contributed by atoms with Crippen molar-refractivity contribution in [2.75, 3.05) is 13.1 Å². The molecule has 7 heteroatoms. The van der Waals surface area contributed by atoms with E-state index in [1.807, 2.05) is 19.9 Å². The molecule has 1 saturated heterocycles. The molecule has 1 amide bonds. The van der Waals surface area contributed by atoms with Crippen LogP contribution in [0, 0.1) is 13.8 Å². The summed E-state index contributed by atoms with van der Waals surface area (Å²) in [6.45, 7) is 4.66. The number of carbonyl (C=O) groups is 1. The lowest BCUT2D eigenvalue weighted by atomic mass is 10.3. The van der Waals surface area contributed by atoms with Crippen LogP contribution in [0.4, 0.5) is 0 Å². The van der Waals surface area contributed by atoms with Gasteiger partial charge in [-0.25, -0.2) is 9.50 Å². The molecule has 7 nitrogen and oxygen atoms in total. The molecule has 1 fully saturated rings. The number of hydrogen-bond donors (Lipinski definition) is 1. The Kier molecular flexibility index (Phi) is 2.70. The molecule has 0 aromatic carbocycles. The van der Waals surface area contributed by atoms with Crippen molar-refractivity contribution < 1.29 is 9.90 Å². The molecular weight excluding hydrogens is 246 g/mol. The van der Waals surface area contributed by atoms with Crippen LogP contribution in [0.25, 0.3) is 5.78 Å². The number of carbonyl (C=O) groups excluding carboxylic acids is 1. The summed E-state index contributed by atoms with van der Waals surface area (Å²) in [6, 6.07) is 1.88. The second-order valence-electron chi connectivity index (χ2n) is 4.88. The Morgan fingerprint density at radius 2 is 2.21 bits per heavy atom. The standard InChI is InChI=1S/C12H15N5O2/c1-7-5-8(2)17-12(13-7)14-10(15-17)11(19)16-4-3-9(18)6-16/h5,9,18H,3-4,6H2,1-2H3/t9-/m1/s1. The van der Waals surface area contributed by atoms with Crippen LogP contribution in [0.2, 0.25) is 0 Å². The maximum Gasteiger partial charge on any atom is 0.293 e. The molecule has 2 aromatic rings. The minimum atomic E-state index is -0.442. The highest BCUT2D eigenvalue weighted by atomic mass is 16.3. The molecule has 3 heterocycles. The molecular formula is C12H15N5O2. The summed E-state index contributed by atoms with van der Waals surface area (Å²) in [6.07, 6.45) is 0.165. The topological polar surface area (TPSA) is 83.6 Å². The van der Waals surface area contributed by atoms with Gasteiger partial charge in [-0.05, 0) is 26.3 Å². The number of nitrogens with zero attached hydrogens (tertiary/aromatic N) is 5. The summed E-state index contributed by atoms with van der Waals surface area (Å²) in [5.41, 5.74) is 1.73. The van der Waals surface area contributed by atoms with E-state index in [0.29, 0.717) is 25.3 Å². The van der Waals surface area contributed by atoms with Gasteiger partial charge in [0.05, 0.1) is 6.10 Å². The van der Waals surface area contributed by atoms with Crippen LogP contribution in [-0.4, -0.2) is 54.7 Å². The van der Waals surface area contributed by atoms with Gasteiger partial charge in [-0.3, -0.25) is 4.79 Å². The average molecular weight is 261 g/mol. The molecule has 1 aliphatic rings. The first-order chi connectivity index (χ1) is 9.04. The molecule has 3 rings (SSSR count). The van der Waals surface area contributed by atoms with E-state index < -0.39 is 6.10 Å². The maximum absolute atomic E-state index is 12.2. The van der Waals surface area contributed by atoms with Crippen LogP contribution < -0.4 is 0 Å². The first kappa shape index (κ1) is 12.0. The number of aryl methyl sites for hydroxylation is 2. The van der Waals surface area contributed by atoms with Gasteiger partial charge in [0.25, 0.3) is 11.7 Å². The molecule has 1 aliphatic heterocycles. The predicted octanol–water partition coefficient (Wildman–Crippen LogP) is -0.0521. The second kappa shape index (κ2) is 4.27. The first-order valence-electron chi connectivity index (χ1n) is 6.23. The molecule has 0 bridgehead atoms. The van der Waals surface area contributed by atoms with Crippen LogP contribution >= 0.6 is 0 Å². The number of rotatable bonds is 1. The highest BCUT2D eigenvalue weighted by Gasteiger charge is 2.28. The zero-order valence-electron chi connectivity index (χ0n) is 10.9. The minimum Gasteiger partial charge on any atom is -0.391 e. The quantitative estimate of drug-likeness (QED) is 0.778. The summed E-state index contributed by atoms with van der Waals surface area (Å²) >= 11 is 0. The van der Waals surface area contributed by atoms with Crippen molar-refractivity contribution in [3.63, 3.8) is 0 Å². The van der Waals surface area contributed by atoms with Gasteiger partial charge < -0.3 is 10.0 Å². The van der Waals surface area contributed by atoms with Crippen LogP contribution in [-0.2, 0) is 0 Å². The summed E-state index contributed by atoms with van der Waals surface area (Å²) < 4.78 is 1.56. The molecule has 0 radical (unpaired) electrons. The lowest BCUT2D eigenvalue weighted by Crippen LogP contribution is -2.30. The number of amides is 1. The smallest absolute Gasteiger partial charge is 0.293 e. The molecule has 0 saturated carbocycles. The van der Waals surface area contributed by atoms with Gasteiger partial charge in [-0.15, -0.1) is 5.10 Å². The summed E-state index contributed by atoms with van der Waals surface area (Å²) in [5.74, 6) is 0.315. The van der Waals surface area contributed by atoms with Crippen molar-refractivity contribution in [2.45, 2.75) is 26.4 Å². The van der Waals surface area contributed by atoms with Gasteiger partial charge in [-0.1, -0.05) is 0 Å². The average Bonchev–Trinajstić information content (AvgIpc) is 2.94. The Bertz CT molecular complexity index is 651. The van der Waals surface area contributed by atoms with Crippen LogP contribution in [0.1, 0.15) is 28.4 Å². The fourth-order valence-electron chi connectivity index (χ4n) is 2.32. The van der Waals surface area contributed by atoms with E-state index in [9.17, 15) is 9.90 Å². The Hall–Kier alpha value is -2.02. The van der Waals surface area contributed by atoms with Crippen molar-refractivity contribution in [3.05, 3.63) is 23.3 Å². The van der Waals surface area contributed by atoms with Crippen LogP contribution in [0.3, 0.4) is 0 Å². The molecule has 0 unspecified atom stereocenters. The van der Waals surface area contributed by atoms with Gasteiger partial charge in [0, 0.05) is 24.5 Å². The highest BCUT2D eigenvalue weighted by Crippen LogP contribution is 2.13. The summed E-state index contributed by atoms with van der Waals surface area (Å²) in [5, 5.41) is 13.7. The second-order valence-corrected chi connectivity index (χ2v) is 4.88. The van der Waals surface area contributed by atoms with E-state index in [0.717, 1.165) is 11.4 Å². The highest BCUT2D eigenvalue weighted by molar-refractivity contribution is 5.91. The number of likely N-dealkylation sites (tertiary alicyclic amines) is 1. The molecule has 19 heavy (non-hydrogen) atoms. The van der Waals surface area contributed by atoms with Gasteiger partial charge >= 0.3 is 0 Å². The number of fused-ring (bicyclic) bond motifs is 1. The SMILES string of the molecule is Cc1cc(C)n2nc(C(=O)N3CC[C@@H](O)C3)nc2n1. The summed E-state index contributed by atoms with van der Waals surface area (Å²) in [7, 11) is 0. The van der Waals surface area contributed by atoms with Crippen molar-refractivity contribution in [1.82, 2.24) is 24.5 Å². The number of aliphatic hydroxyl groups is 1. The number of β-amino-alcohol motifs (C(OH)–C–C–N with tert-alkyl or cyclic N) is 1. The molecule has 0 aliphatic carbocycles.